The van der Waals surface area contributed by atoms with Gasteiger partial charge in [0.25, 0.3) is 0 Å². The van der Waals surface area contributed by atoms with E-state index in [4.69, 9.17) is 4.42 Å². The van der Waals surface area contributed by atoms with Gasteiger partial charge < -0.3 is 9.73 Å². The standard InChI is InChI=1S/C15H19N3O/c1-2-9-16-14-11-6-3-4-7-12(11)17-15(18-14)13-8-5-10-19-13/h5,8,10H,2-4,6-7,9H2,1H3,(H,16,17,18). The van der Waals surface area contributed by atoms with Crippen LogP contribution in [0.15, 0.2) is 22.8 Å². The molecule has 0 bridgehead atoms. The SMILES string of the molecule is CCCNc1nc(-c2ccco2)nc2c1CCCC2. The fourth-order valence-electron chi connectivity index (χ4n) is 2.50. The summed E-state index contributed by atoms with van der Waals surface area (Å²) in [5.41, 5.74) is 2.49. The minimum atomic E-state index is 0.698. The molecule has 0 unspecified atom stereocenters. The molecule has 0 saturated heterocycles. The highest BCUT2D eigenvalue weighted by Gasteiger charge is 2.18. The highest BCUT2D eigenvalue weighted by atomic mass is 16.3. The zero-order valence-electron chi connectivity index (χ0n) is 11.3. The molecule has 2 aromatic rings. The van der Waals surface area contributed by atoms with E-state index in [0.29, 0.717) is 5.82 Å². The number of hydrogen-bond acceptors (Lipinski definition) is 4. The second-order valence-corrected chi connectivity index (χ2v) is 4.93. The predicted octanol–water partition coefficient (Wildman–Crippen LogP) is 3.44. The number of aryl methyl sites for hydroxylation is 1. The number of furan rings is 1. The van der Waals surface area contributed by atoms with Crippen LogP contribution in [0.4, 0.5) is 5.82 Å². The molecule has 0 amide bonds. The Labute approximate surface area is 113 Å². The summed E-state index contributed by atoms with van der Waals surface area (Å²) in [4.78, 5) is 9.33. The highest BCUT2D eigenvalue weighted by molar-refractivity contribution is 5.56. The minimum absolute atomic E-state index is 0.698. The number of nitrogens with one attached hydrogen (secondary N) is 1. The first kappa shape index (κ1) is 12.2. The lowest BCUT2D eigenvalue weighted by Crippen LogP contribution is -2.14. The van der Waals surface area contributed by atoms with Crippen LogP contribution in [-0.2, 0) is 12.8 Å². The van der Waals surface area contributed by atoms with Crippen molar-refractivity contribution in [3.05, 3.63) is 29.7 Å². The molecule has 0 radical (unpaired) electrons. The zero-order valence-corrected chi connectivity index (χ0v) is 11.3. The Kier molecular flexibility index (Phi) is 3.49. The Balaban J connectivity index is 2.02. The summed E-state index contributed by atoms with van der Waals surface area (Å²) in [5, 5.41) is 3.43. The smallest absolute Gasteiger partial charge is 0.197 e. The Bertz CT molecular complexity index is 549. The van der Waals surface area contributed by atoms with Crippen molar-refractivity contribution in [3.8, 4) is 11.6 Å². The maximum atomic E-state index is 5.42. The van der Waals surface area contributed by atoms with Crippen LogP contribution in [0.3, 0.4) is 0 Å². The second-order valence-electron chi connectivity index (χ2n) is 4.93. The van der Waals surface area contributed by atoms with Crippen molar-refractivity contribution >= 4 is 5.82 Å². The average Bonchev–Trinajstić information content (AvgIpc) is 2.98. The van der Waals surface area contributed by atoms with Gasteiger partial charge in [0, 0.05) is 17.8 Å². The van der Waals surface area contributed by atoms with Gasteiger partial charge in [-0.2, -0.15) is 0 Å². The first-order chi connectivity index (χ1) is 9.38. The number of anilines is 1. The van der Waals surface area contributed by atoms with Crippen LogP contribution in [0.1, 0.15) is 37.4 Å². The monoisotopic (exact) mass is 257 g/mol. The van der Waals surface area contributed by atoms with Crippen LogP contribution in [-0.4, -0.2) is 16.5 Å². The third-order valence-corrected chi connectivity index (χ3v) is 3.47. The molecule has 0 atom stereocenters. The summed E-state index contributed by atoms with van der Waals surface area (Å²) >= 11 is 0. The largest absolute Gasteiger partial charge is 0.461 e. The van der Waals surface area contributed by atoms with Crippen LogP contribution < -0.4 is 5.32 Å². The Hall–Kier alpha value is -1.84. The van der Waals surface area contributed by atoms with Crippen LogP contribution >= 0.6 is 0 Å². The van der Waals surface area contributed by atoms with E-state index < -0.39 is 0 Å². The number of rotatable bonds is 4. The summed E-state index contributed by atoms with van der Waals surface area (Å²) in [5.74, 6) is 2.44. The fraction of sp³-hybridized carbons (Fsp3) is 0.467. The van der Waals surface area contributed by atoms with Crippen LogP contribution in [0.2, 0.25) is 0 Å². The molecule has 0 spiro atoms. The lowest BCUT2D eigenvalue weighted by molar-refractivity contribution is 0.575. The van der Waals surface area contributed by atoms with Crippen LogP contribution in [0.25, 0.3) is 11.6 Å². The van der Waals surface area contributed by atoms with E-state index in [1.807, 2.05) is 12.1 Å². The first-order valence-electron chi connectivity index (χ1n) is 7.06. The van der Waals surface area contributed by atoms with Crippen molar-refractivity contribution in [2.75, 3.05) is 11.9 Å². The molecule has 1 aliphatic rings. The second kappa shape index (κ2) is 5.43. The molecule has 0 aromatic carbocycles. The molecular formula is C15H19N3O. The number of aromatic nitrogens is 2. The number of hydrogen-bond donors (Lipinski definition) is 1. The van der Waals surface area contributed by atoms with Gasteiger partial charge in [-0.15, -0.1) is 0 Å². The summed E-state index contributed by atoms with van der Waals surface area (Å²) in [7, 11) is 0. The van der Waals surface area contributed by atoms with Crippen molar-refractivity contribution in [3.63, 3.8) is 0 Å². The molecule has 3 rings (SSSR count). The molecule has 1 aliphatic carbocycles. The van der Waals surface area contributed by atoms with E-state index in [1.165, 1.54) is 24.1 Å². The third-order valence-electron chi connectivity index (χ3n) is 3.47. The molecule has 0 aliphatic heterocycles. The molecule has 0 saturated carbocycles. The average molecular weight is 257 g/mol. The Morgan fingerprint density at radius 3 is 2.95 bits per heavy atom. The van der Waals surface area contributed by atoms with E-state index in [0.717, 1.165) is 37.4 Å². The van der Waals surface area contributed by atoms with E-state index >= 15 is 0 Å². The molecule has 4 heteroatoms. The van der Waals surface area contributed by atoms with Crippen molar-refractivity contribution in [2.24, 2.45) is 0 Å². The van der Waals surface area contributed by atoms with Gasteiger partial charge in [-0.05, 0) is 44.2 Å². The highest BCUT2D eigenvalue weighted by Crippen LogP contribution is 2.28. The van der Waals surface area contributed by atoms with E-state index in [-0.39, 0.29) is 0 Å². The van der Waals surface area contributed by atoms with Crippen molar-refractivity contribution in [1.29, 1.82) is 0 Å². The fourth-order valence-corrected chi connectivity index (χ4v) is 2.50. The first-order valence-corrected chi connectivity index (χ1v) is 7.06. The Morgan fingerprint density at radius 2 is 2.16 bits per heavy atom. The van der Waals surface area contributed by atoms with Gasteiger partial charge in [0.15, 0.2) is 11.6 Å². The molecule has 100 valence electrons. The molecule has 0 fully saturated rings. The van der Waals surface area contributed by atoms with Gasteiger partial charge in [-0.25, -0.2) is 9.97 Å². The van der Waals surface area contributed by atoms with Crippen molar-refractivity contribution < 1.29 is 4.42 Å². The Morgan fingerprint density at radius 1 is 1.26 bits per heavy atom. The van der Waals surface area contributed by atoms with Crippen molar-refractivity contribution in [2.45, 2.75) is 39.0 Å². The lowest BCUT2D eigenvalue weighted by Gasteiger charge is -2.19. The van der Waals surface area contributed by atoms with Gasteiger partial charge in [-0.1, -0.05) is 6.92 Å². The van der Waals surface area contributed by atoms with Gasteiger partial charge in [-0.3, -0.25) is 0 Å². The van der Waals surface area contributed by atoms with Gasteiger partial charge in [0.05, 0.1) is 6.26 Å². The molecule has 1 N–H and O–H groups in total. The van der Waals surface area contributed by atoms with Crippen LogP contribution in [0, 0.1) is 0 Å². The summed E-state index contributed by atoms with van der Waals surface area (Å²) in [6.45, 7) is 3.11. The number of fused-ring (bicyclic) bond motifs is 1. The van der Waals surface area contributed by atoms with E-state index in [2.05, 4.69) is 22.2 Å². The molecule has 2 heterocycles. The van der Waals surface area contributed by atoms with Crippen LogP contribution in [0.5, 0.6) is 0 Å². The lowest BCUT2D eigenvalue weighted by atomic mass is 9.96. The minimum Gasteiger partial charge on any atom is -0.461 e. The zero-order chi connectivity index (χ0) is 13.1. The summed E-state index contributed by atoms with van der Waals surface area (Å²) in [6.07, 6.45) is 7.34. The maximum absolute atomic E-state index is 5.42. The molecule has 4 nitrogen and oxygen atoms in total. The van der Waals surface area contributed by atoms with Gasteiger partial charge in [0.2, 0.25) is 0 Å². The topological polar surface area (TPSA) is 51.0 Å². The quantitative estimate of drug-likeness (QED) is 0.911. The normalized spacial score (nSPS) is 14.2. The van der Waals surface area contributed by atoms with Crippen molar-refractivity contribution in [1.82, 2.24) is 9.97 Å². The molecular weight excluding hydrogens is 238 g/mol. The maximum Gasteiger partial charge on any atom is 0.197 e. The predicted molar refractivity (Wildman–Crippen MR) is 75.2 cm³/mol. The molecule has 19 heavy (non-hydrogen) atoms. The molecule has 2 aromatic heterocycles. The third kappa shape index (κ3) is 2.48. The van der Waals surface area contributed by atoms with E-state index in [1.54, 1.807) is 6.26 Å². The van der Waals surface area contributed by atoms with E-state index in [9.17, 15) is 0 Å². The summed E-state index contributed by atoms with van der Waals surface area (Å²) in [6, 6.07) is 3.78. The van der Waals surface area contributed by atoms with Gasteiger partial charge in [0.1, 0.15) is 5.82 Å². The number of nitrogens with zero attached hydrogens (tertiary/aromatic N) is 2. The summed E-state index contributed by atoms with van der Waals surface area (Å²) < 4.78 is 5.42. The van der Waals surface area contributed by atoms with Gasteiger partial charge >= 0.3 is 0 Å².